The Morgan fingerprint density at radius 2 is 2.05 bits per heavy atom. The van der Waals surface area contributed by atoms with Crippen LogP contribution < -0.4 is 10.5 Å². The molecule has 5 heteroatoms. The van der Waals surface area contributed by atoms with Gasteiger partial charge >= 0.3 is 0 Å². The summed E-state index contributed by atoms with van der Waals surface area (Å²) in [6.07, 6.45) is 2.06. The number of aromatic nitrogens is 2. The number of rotatable bonds is 4. The first kappa shape index (κ1) is 13.8. The minimum Gasteiger partial charge on any atom is -0.492 e. The van der Waals surface area contributed by atoms with Gasteiger partial charge in [0.2, 0.25) is 5.95 Å². The van der Waals surface area contributed by atoms with E-state index in [1.807, 2.05) is 41.8 Å². The normalized spacial score (nSPS) is 11.0. The molecular formula is C16H17N3OS. The summed E-state index contributed by atoms with van der Waals surface area (Å²) >= 11 is 1.70. The van der Waals surface area contributed by atoms with E-state index in [9.17, 15) is 0 Å². The minimum absolute atomic E-state index is 0.468. The number of hydrogen-bond donors (Lipinski definition) is 1. The molecule has 0 saturated carbocycles. The average Bonchev–Trinajstić information content (AvgIpc) is 2.85. The zero-order valence-electron chi connectivity index (χ0n) is 12.0. The second-order valence-corrected chi connectivity index (χ2v) is 5.44. The lowest BCUT2D eigenvalue weighted by molar-refractivity contribution is 0.344. The number of thioether (sulfide) groups is 1. The molecular weight excluding hydrogens is 282 g/mol. The van der Waals surface area contributed by atoms with Crippen molar-refractivity contribution in [3.05, 3.63) is 42.5 Å². The lowest BCUT2D eigenvalue weighted by atomic mass is 10.2. The first-order valence-corrected chi connectivity index (χ1v) is 8.01. The standard InChI is InChI=1S/C16H17N3OS/c1-3-20-14-9-5-8-13-15(14)18-16(17)19(13)11-6-4-7-12(10-11)21-2/h4-10H,3H2,1-2H3,(H2,17,18). The van der Waals surface area contributed by atoms with Crippen LogP contribution in [0.4, 0.5) is 5.95 Å². The molecule has 0 spiro atoms. The van der Waals surface area contributed by atoms with Crippen LogP contribution in [0.5, 0.6) is 5.75 Å². The topological polar surface area (TPSA) is 53.1 Å². The molecule has 2 aromatic carbocycles. The van der Waals surface area contributed by atoms with Crippen molar-refractivity contribution in [1.29, 1.82) is 0 Å². The van der Waals surface area contributed by atoms with E-state index in [1.54, 1.807) is 11.8 Å². The van der Waals surface area contributed by atoms with Crippen molar-refractivity contribution < 1.29 is 4.74 Å². The van der Waals surface area contributed by atoms with Gasteiger partial charge < -0.3 is 10.5 Å². The fraction of sp³-hybridized carbons (Fsp3) is 0.188. The van der Waals surface area contributed by atoms with Crippen LogP contribution >= 0.6 is 11.8 Å². The lowest BCUT2D eigenvalue weighted by Gasteiger charge is -2.08. The molecule has 1 heterocycles. The van der Waals surface area contributed by atoms with Gasteiger partial charge in [0.05, 0.1) is 17.8 Å². The summed E-state index contributed by atoms with van der Waals surface area (Å²) < 4.78 is 7.59. The molecule has 0 aliphatic carbocycles. The molecule has 108 valence electrons. The maximum absolute atomic E-state index is 6.13. The lowest BCUT2D eigenvalue weighted by Crippen LogP contribution is -2.00. The molecule has 21 heavy (non-hydrogen) atoms. The third kappa shape index (κ3) is 2.45. The van der Waals surface area contributed by atoms with E-state index in [0.29, 0.717) is 12.6 Å². The number of nitrogens with zero attached hydrogens (tertiary/aromatic N) is 2. The van der Waals surface area contributed by atoms with Gasteiger partial charge in [-0.15, -0.1) is 11.8 Å². The van der Waals surface area contributed by atoms with Crippen molar-refractivity contribution in [3.63, 3.8) is 0 Å². The highest BCUT2D eigenvalue weighted by molar-refractivity contribution is 7.98. The number of anilines is 1. The molecule has 0 fully saturated rings. The number of imidazole rings is 1. The Labute approximate surface area is 127 Å². The summed E-state index contributed by atoms with van der Waals surface area (Å²) in [5.74, 6) is 1.23. The monoisotopic (exact) mass is 299 g/mol. The molecule has 0 aliphatic heterocycles. The largest absolute Gasteiger partial charge is 0.492 e. The van der Waals surface area contributed by atoms with Crippen LogP contribution in [-0.2, 0) is 0 Å². The van der Waals surface area contributed by atoms with E-state index in [0.717, 1.165) is 22.5 Å². The van der Waals surface area contributed by atoms with Crippen molar-refractivity contribution in [3.8, 4) is 11.4 Å². The molecule has 0 atom stereocenters. The van der Waals surface area contributed by atoms with Gasteiger partial charge in [-0.25, -0.2) is 4.98 Å². The summed E-state index contributed by atoms with van der Waals surface area (Å²) in [7, 11) is 0. The van der Waals surface area contributed by atoms with Crippen molar-refractivity contribution in [2.45, 2.75) is 11.8 Å². The fourth-order valence-electron chi connectivity index (χ4n) is 2.38. The number of nitrogen functional groups attached to an aromatic ring is 1. The van der Waals surface area contributed by atoms with Gasteiger partial charge in [-0.2, -0.15) is 0 Å². The van der Waals surface area contributed by atoms with Gasteiger partial charge in [0.25, 0.3) is 0 Å². The fourth-order valence-corrected chi connectivity index (χ4v) is 2.84. The highest BCUT2D eigenvalue weighted by atomic mass is 32.2. The maximum atomic E-state index is 6.13. The number of ether oxygens (including phenoxy) is 1. The van der Waals surface area contributed by atoms with E-state index in [-0.39, 0.29) is 0 Å². The van der Waals surface area contributed by atoms with Crippen LogP contribution in [0.2, 0.25) is 0 Å². The molecule has 0 bridgehead atoms. The molecule has 2 N–H and O–H groups in total. The van der Waals surface area contributed by atoms with Crippen LogP contribution in [0.3, 0.4) is 0 Å². The highest BCUT2D eigenvalue weighted by Gasteiger charge is 2.13. The number of nitrogens with two attached hydrogens (primary N) is 1. The zero-order valence-corrected chi connectivity index (χ0v) is 12.9. The molecule has 0 amide bonds. The Balaban J connectivity index is 2.22. The Bertz CT molecular complexity index is 782. The number of fused-ring (bicyclic) bond motifs is 1. The predicted molar refractivity (Wildman–Crippen MR) is 88.4 cm³/mol. The van der Waals surface area contributed by atoms with E-state index < -0.39 is 0 Å². The third-order valence-electron chi connectivity index (χ3n) is 3.29. The number of benzene rings is 2. The summed E-state index contributed by atoms with van der Waals surface area (Å²) in [5.41, 5.74) is 8.89. The Morgan fingerprint density at radius 3 is 2.81 bits per heavy atom. The van der Waals surface area contributed by atoms with Gasteiger partial charge in [-0.3, -0.25) is 4.57 Å². The molecule has 0 radical (unpaired) electrons. The molecule has 1 aromatic heterocycles. The van der Waals surface area contributed by atoms with Crippen molar-refractivity contribution >= 4 is 28.7 Å². The van der Waals surface area contributed by atoms with Gasteiger partial charge in [-0.05, 0) is 43.5 Å². The van der Waals surface area contributed by atoms with Crippen LogP contribution in [0, 0.1) is 0 Å². The Hall–Kier alpha value is -2.14. The molecule has 3 rings (SSSR count). The highest BCUT2D eigenvalue weighted by Crippen LogP contribution is 2.30. The minimum atomic E-state index is 0.468. The molecule has 0 aliphatic rings. The second kappa shape index (κ2) is 5.69. The quantitative estimate of drug-likeness (QED) is 0.746. The molecule has 0 unspecified atom stereocenters. The van der Waals surface area contributed by atoms with E-state index in [4.69, 9.17) is 10.5 Å². The van der Waals surface area contributed by atoms with Gasteiger partial charge in [0, 0.05) is 4.90 Å². The van der Waals surface area contributed by atoms with Crippen molar-refractivity contribution in [2.75, 3.05) is 18.6 Å². The van der Waals surface area contributed by atoms with Crippen LogP contribution in [0.1, 0.15) is 6.92 Å². The van der Waals surface area contributed by atoms with Crippen molar-refractivity contribution in [1.82, 2.24) is 9.55 Å². The van der Waals surface area contributed by atoms with Gasteiger partial charge in [0.1, 0.15) is 11.3 Å². The SMILES string of the molecule is CCOc1cccc2c1nc(N)n2-c1cccc(SC)c1. The zero-order chi connectivity index (χ0) is 14.8. The van der Waals surface area contributed by atoms with Crippen LogP contribution in [0.15, 0.2) is 47.4 Å². The van der Waals surface area contributed by atoms with Gasteiger partial charge in [0.15, 0.2) is 0 Å². The van der Waals surface area contributed by atoms with Crippen molar-refractivity contribution in [2.24, 2.45) is 0 Å². The number of para-hydroxylation sites is 1. The first-order valence-electron chi connectivity index (χ1n) is 6.78. The Morgan fingerprint density at radius 1 is 1.24 bits per heavy atom. The average molecular weight is 299 g/mol. The van der Waals surface area contributed by atoms with Crippen LogP contribution in [0.25, 0.3) is 16.7 Å². The Kier molecular flexibility index (Phi) is 3.75. The molecule has 3 aromatic rings. The second-order valence-electron chi connectivity index (χ2n) is 4.56. The number of hydrogen-bond acceptors (Lipinski definition) is 4. The first-order chi connectivity index (χ1) is 10.2. The molecule has 0 saturated heterocycles. The van der Waals surface area contributed by atoms with Crippen LogP contribution in [-0.4, -0.2) is 22.4 Å². The van der Waals surface area contributed by atoms with Gasteiger partial charge in [-0.1, -0.05) is 12.1 Å². The molecule has 4 nitrogen and oxygen atoms in total. The third-order valence-corrected chi connectivity index (χ3v) is 4.01. The van der Waals surface area contributed by atoms with E-state index in [2.05, 4.69) is 23.4 Å². The summed E-state index contributed by atoms with van der Waals surface area (Å²) in [6, 6.07) is 14.1. The van der Waals surface area contributed by atoms with E-state index in [1.165, 1.54) is 4.90 Å². The predicted octanol–water partition coefficient (Wildman–Crippen LogP) is 3.73. The smallest absolute Gasteiger partial charge is 0.206 e. The summed E-state index contributed by atoms with van der Waals surface area (Å²) in [4.78, 5) is 5.66. The summed E-state index contributed by atoms with van der Waals surface area (Å²) in [6.45, 7) is 2.56. The maximum Gasteiger partial charge on any atom is 0.206 e. The summed E-state index contributed by atoms with van der Waals surface area (Å²) in [5, 5.41) is 0. The van der Waals surface area contributed by atoms with E-state index >= 15 is 0 Å².